The van der Waals surface area contributed by atoms with Gasteiger partial charge in [0.25, 0.3) is 0 Å². The van der Waals surface area contributed by atoms with Gasteiger partial charge in [-0.2, -0.15) is 0 Å². The molecule has 0 atom stereocenters. The standard InChI is InChI=1S/C24H20ClN3O/c1-26-23(29)13-12-17-6-4-8-19(14-17)24-27-21-10-2-3-11-22(21)28(24)16-18-7-5-9-20(25)15-18/h2-15H,16H2,1H3,(H,26,29)/b13-12+. The molecule has 0 radical (unpaired) electrons. The van der Waals surface area contributed by atoms with Gasteiger partial charge in [-0.1, -0.05) is 54.1 Å². The van der Waals surface area contributed by atoms with Crippen molar-refractivity contribution < 1.29 is 4.79 Å². The maximum atomic E-state index is 11.5. The second-order valence-electron chi connectivity index (χ2n) is 6.71. The summed E-state index contributed by atoms with van der Waals surface area (Å²) in [6, 6.07) is 24.0. The number of amides is 1. The van der Waals surface area contributed by atoms with Crippen molar-refractivity contribution in [2.75, 3.05) is 7.05 Å². The second-order valence-corrected chi connectivity index (χ2v) is 7.15. The largest absolute Gasteiger partial charge is 0.356 e. The molecular formula is C24H20ClN3O. The maximum Gasteiger partial charge on any atom is 0.243 e. The van der Waals surface area contributed by atoms with Crippen LogP contribution in [0.25, 0.3) is 28.5 Å². The van der Waals surface area contributed by atoms with Crippen LogP contribution in [0.2, 0.25) is 5.02 Å². The highest BCUT2D eigenvalue weighted by molar-refractivity contribution is 6.30. The van der Waals surface area contributed by atoms with Crippen LogP contribution in [0.1, 0.15) is 11.1 Å². The van der Waals surface area contributed by atoms with Gasteiger partial charge in [-0.15, -0.1) is 0 Å². The lowest BCUT2D eigenvalue weighted by Crippen LogP contribution is -2.13. The van der Waals surface area contributed by atoms with Crippen molar-refractivity contribution in [3.05, 3.63) is 95.0 Å². The quantitative estimate of drug-likeness (QED) is 0.469. The first kappa shape index (κ1) is 19.0. The molecule has 144 valence electrons. The van der Waals surface area contributed by atoms with Crippen LogP contribution in [0.4, 0.5) is 0 Å². The average Bonchev–Trinajstić information content (AvgIpc) is 3.11. The van der Waals surface area contributed by atoms with E-state index in [2.05, 4.69) is 22.0 Å². The van der Waals surface area contributed by atoms with E-state index >= 15 is 0 Å². The summed E-state index contributed by atoms with van der Waals surface area (Å²) in [5, 5.41) is 3.30. The zero-order valence-corrected chi connectivity index (χ0v) is 16.7. The molecule has 0 bridgehead atoms. The first-order valence-corrected chi connectivity index (χ1v) is 9.72. The van der Waals surface area contributed by atoms with Crippen molar-refractivity contribution >= 4 is 34.6 Å². The van der Waals surface area contributed by atoms with Gasteiger partial charge in [-0.3, -0.25) is 4.79 Å². The Morgan fingerprint density at radius 2 is 1.90 bits per heavy atom. The molecule has 29 heavy (non-hydrogen) atoms. The summed E-state index contributed by atoms with van der Waals surface area (Å²) in [6.07, 6.45) is 3.32. The maximum absolute atomic E-state index is 11.5. The minimum absolute atomic E-state index is 0.136. The van der Waals surface area contributed by atoms with Crippen molar-refractivity contribution in [2.45, 2.75) is 6.54 Å². The van der Waals surface area contributed by atoms with Crippen LogP contribution < -0.4 is 5.32 Å². The molecular weight excluding hydrogens is 382 g/mol. The van der Waals surface area contributed by atoms with E-state index in [1.807, 2.05) is 60.7 Å². The fourth-order valence-corrected chi connectivity index (χ4v) is 3.52. The highest BCUT2D eigenvalue weighted by atomic mass is 35.5. The van der Waals surface area contributed by atoms with Crippen LogP contribution in [0.15, 0.2) is 78.9 Å². The van der Waals surface area contributed by atoms with Crippen molar-refractivity contribution in [1.82, 2.24) is 14.9 Å². The van der Waals surface area contributed by atoms with E-state index in [0.717, 1.165) is 38.6 Å². The first-order valence-electron chi connectivity index (χ1n) is 9.34. The minimum Gasteiger partial charge on any atom is -0.356 e. The number of fused-ring (bicyclic) bond motifs is 1. The van der Waals surface area contributed by atoms with Gasteiger partial charge in [-0.25, -0.2) is 4.98 Å². The predicted octanol–water partition coefficient (Wildman–Crippen LogP) is 5.16. The SMILES string of the molecule is CNC(=O)/C=C/c1cccc(-c2nc3ccccc3n2Cc2cccc(Cl)c2)c1. The molecule has 1 heterocycles. The summed E-state index contributed by atoms with van der Waals surface area (Å²) < 4.78 is 2.20. The van der Waals surface area contributed by atoms with Crippen LogP contribution >= 0.6 is 11.6 Å². The zero-order chi connectivity index (χ0) is 20.2. The topological polar surface area (TPSA) is 46.9 Å². The van der Waals surface area contributed by atoms with E-state index in [1.165, 1.54) is 6.08 Å². The molecule has 3 aromatic carbocycles. The molecule has 5 heteroatoms. The third-order valence-corrected chi connectivity index (χ3v) is 4.94. The Morgan fingerprint density at radius 1 is 1.07 bits per heavy atom. The van der Waals surface area contributed by atoms with Crippen LogP contribution in [0, 0.1) is 0 Å². The molecule has 0 fully saturated rings. The van der Waals surface area contributed by atoms with Gasteiger partial charge in [0.2, 0.25) is 5.91 Å². The van der Waals surface area contributed by atoms with E-state index in [-0.39, 0.29) is 5.91 Å². The Kier molecular flexibility index (Phi) is 5.45. The number of para-hydroxylation sites is 2. The van der Waals surface area contributed by atoms with Crippen LogP contribution in [0.5, 0.6) is 0 Å². The molecule has 4 nitrogen and oxygen atoms in total. The second kappa shape index (κ2) is 8.33. The van der Waals surface area contributed by atoms with Crippen molar-refractivity contribution in [1.29, 1.82) is 0 Å². The molecule has 4 rings (SSSR count). The van der Waals surface area contributed by atoms with Crippen molar-refractivity contribution in [3.63, 3.8) is 0 Å². The summed E-state index contributed by atoms with van der Waals surface area (Å²) in [6.45, 7) is 0.661. The van der Waals surface area contributed by atoms with E-state index in [4.69, 9.17) is 16.6 Å². The molecule has 0 saturated heterocycles. The molecule has 1 aromatic heterocycles. The molecule has 0 aliphatic carbocycles. The molecule has 4 aromatic rings. The number of hydrogen-bond donors (Lipinski definition) is 1. The highest BCUT2D eigenvalue weighted by Crippen LogP contribution is 2.27. The molecule has 0 spiro atoms. The van der Waals surface area contributed by atoms with E-state index in [1.54, 1.807) is 13.1 Å². The van der Waals surface area contributed by atoms with Gasteiger partial charge < -0.3 is 9.88 Å². The summed E-state index contributed by atoms with van der Waals surface area (Å²) in [5.74, 6) is 0.741. The van der Waals surface area contributed by atoms with Crippen molar-refractivity contribution in [2.24, 2.45) is 0 Å². The fraction of sp³-hybridized carbons (Fsp3) is 0.0833. The Labute approximate surface area is 174 Å². The Morgan fingerprint density at radius 3 is 2.72 bits per heavy atom. The van der Waals surface area contributed by atoms with Crippen LogP contribution in [0.3, 0.4) is 0 Å². The molecule has 1 amide bonds. The number of nitrogens with zero attached hydrogens (tertiary/aromatic N) is 2. The number of imidazole rings is 1. The monoisotopic (exact) mass is 401 g/mol. The summed E-state index contributed by atoms with van der Waals surface area (Å²) in [5.41, 5.74) is 5.04. The summed E-state index contributed by atoms with van der Waals surface area (Å²) in [7, 11) is 1.61. The Hall–Kier alpha value is -3.37. The van der Waals surface area contributed by atoms with E-state index in [9.17, 15) is 4.79 Å². The van der Waals surface area contributed by atoms with Gasteiger partial charge in [0.1, 0.15) is 5.82 Å². The predicted molar refractivity (Wildman–Crippen MR) is 119 cm³/mol. The number of likely N-dealkylation sites (N-methyl/N-ethyl adjacent to an activating group) is 1. The minimum atomic E-state index is -0.136. The van der Waals surface area contributed by atoms with Gasteiger partial charge >= 0.3 is 0 Å². The van der Waals surface area contributed by atoms with E-state index < -0.39 is 0 Å². The lowest BCUT2D eigenvalue weighted by atomic mass is 10.1. The Balaban J connectivity index is 1.80. The summed E-state index contributed by atoms with van der Waals surface area (Å²) in [4.78, 5) is 16.4. The fourth-order valence-electron chi connectivity index (χ4n) is 3.31. The molecule has 1 N–H and O–H groups in total. The number of rotatable bonds is 5. The summed E-state index contributed by atoms with van der Waals surface area (Å²) >= 11 is 6.19. The van der Waals surface area contributed by atoms with Gasteiger partial charge in [-0.05, 0) is 47.5 Å². The number of aromatic nitrogens is 2. The molecule has 0 aliphatic heterocycles. The van der Waals surface area contributed by atoms with Crippen LogP contribution in [-0.4, -0.2) is 22.5 Å². The Bertz CT molecular complexity index is 1210. The number of benzene rings is 3. The molecule has 0 aliphatic rings. The highest BCUT2D eigenvalue weighted by Gasteiger charge is 2.13. The number of carbonyl (C=O) groups excluding carboxylic acids is 1. The normalized spacial score (nSPS) is 11.2. The number of hydrogen-bond acceptors (Lipinski definition) is 2. The van der Waals surface area contributed by atoms with Crippen LogP contribution in [-0.2, 0) is 11.3 Å². The van der Waals surface area contributed by atoms with Crippen molar-refractivity contribution in [3.8, 4) is 11.4 Å². The lowest BCUT2D eigenvalue weighted by molar-refractivity contribution is -0.115. The van der Waals surface area contributed by atoms with Gasteiger partial charge in [0.05, 0.1) is 11.0 Å². The van der Waals surface area contributed by atoms with Gasteiger partial charge in [0.15, 0.2) is 0 Å². The average molecular weight is 402 g/mol. The van der Waals surface area contributed by atoms with Gasteiger partial charge in [0, 0.05) is 30.3 Å². The smallest absolute Gasteiger partial charge is 0.243 e. The lowest BCUT2D eigenvalue weighted by Gasteiger charge is -2.10. The first-order chi connectivity index (χ1) is 14.1. The third kappa shape index (κ3) is 4.23. The third-order valence-electron chi connectivity index (χ3n) is 4.70. The number of carbonyl (C=O) groups is 1. The van der Waals surface area contributed by atoms with E-state index in [0.29, 0.717) is 6.54 Å². The molecule has 0 saturated carbocycles. The number of halogens is 1. The zero-order valence-electron chi connectivity index (χ0n) is 16.0. The molecule has 0 unspecified atom stereocenters. The number of nitrogens with one attached hydrogen (secondary N) is 1.